The third-order valence-corrected chi connectivity index (χ3v) is 3.68. The Morgan fingerprint density at radius 2 is 1.96 bits per heavy atom. The molecule has 0 spiro atoms. The average Bonchev–Trinajstić information content (AvgIpc) is 3.00. The minimum atomic E-state index is -0.415. The van der Waals surface area contributed by atoms with E-state index in [-0.39, 0.29) is 5.69 Å². The number of hydrogen-bond acceptors (Lipinski definition) is 6. The third kappa shape index (κ3) is 3.07. The Kier molecular flexibility index (Phi) is 4.19. The van der Waals surface area contributed by atoms with Crippen molar-refractivity contribution in [3.05, 3.63) is 64.7 Å². The summed E-state index contributed by atoms with van der Waals surface area (Å²) < 4.78 is 1.68. The first-order valence-corrected chi connectivity index (χ1v) is 7.31. The number of rotatable bonds is 5. The van der Waals surface area contributed by atoms with Crippen LogP contribution in [0.4, 0.5) is 11.5 Å². The Morgan fingerprint density at radius 3 is 2.58 bits per heavy atom. The number of benzene rings is 1. The van der Waals surface area contributed by atoms with Gasteiger partial charge in [0.1, 0.15) is 18.0 Å². The van der Waals surface area contributed by atoms with E-state index in [1.54, 1.807) is 10.7 Å². The van der Waals surface area contributed by atoms with Gasteiger partial charge in [-0.1, -0.05) is 30.3 Å². The number of pyridine rings is 1. The lowest BCUT2D eigenvalue weighted by molar-refractivity contribution is -0.384. The fourth-order valence-electron chi connectivity index (χ4n) is 2.37. The summed E-state index contributed by atoms with van der Waals surface area (Å²) >= 11 is 0. The molecule has 2 aromatic heterocycles. The van der Waals surface area contributed by atoms with E-state index in [2.05, 4.69) is 15.1 Å². The number of hydrogen-bond donors (Lipinski definition) is 0. The van der Waals surface area contributed by atoms with Gasteiger partial charge in [0.15, 0.2) is 5.69 Å². The first kappa shape index (κ1) is 15.6. The van der Waals surface area contributed by atoms with Gasteiger partial charge in [0.2, 0.25) is 0 Å². The highest BCUT2D eigenvalue weighted by Gasteiger charge is 2.19. The number of nitro groups is 1. The van der Waals surface area contributed by atoms with Crippen molar-refractivity contribution in [2.75, 3.05) is 11.9 Å². The van der Waals surface area contributed by atoms with Crippen LogP contribution in [-0.2, 0) is 13.6 Å². The van der Waals surface area contributed by atoms with Gasteiger partial charge in [-0.25, -0.2) is 9.97 Å². The van der Waals surface area contributed by atoms with E-state index < -0.39 is 4.92 Å². The first-order chi connectivity index (χ1) is 11.6. The maximum Gasteiger partial charge on any atom is 0.295 e. The van der Waals surface area contributed by atoms with Gasteiger partial charge in [-0.05, 0) is 6.07 Å². The van der Waals surface area contributed by atoms with Crippen molar-refractivity contribution in [2.24, 2.45) is 7.05 Å². The zero-order valence-corrected chi connectivity index (χ0v) is 13.3. The average molecular weight is 324 g/mol. The summed E-state index contributed by atoms with van der Waals surface area (Å²) in [6.07, 6.45) is 1.49. The van der Waals surface area contributed by atoms with Crippen molar-refractivity contribution >= 4 is 11.5 Å². The molecule has 0 aliphatic heterocycles. The Hall–Kier alpha value is -3.29. The molecule has 0 N–H and O–H groups in total. The van der Waals surface area contributed by atoms with Crippen molar-refractivity contribution < 1.29 is 4.92 Å². The molecule has 0 atom stereocenters. The highest BCUT2D eigenvalue weighted by atomic mass is 16.6. The summed E-state index contributed by atoms with van der Waals surface area (Å²) in [4.78, 5) is 21.5. The molecular weight excluding hydrogens is 308 g/mol. The van der Waals surface area contributed by atoms with Gasteiger partial charge in [-0.2, -0.15) is 5.10 Å². The van der Waals surface area contributed by atoms with E-state index in [1.807, 2.05) is 49.3 Å². The van der Waals surface area contributed by atoms with Crippen molar-refractivity contribution in [1.82, 2.24) is 19.7 Å². The van der Waals surface area contributed by atoms with Crippen LogP contribution in [0, 0.1) is 10.1 Å². The van der Waals surface area contributed by atoms with Crippen molar-refractivity contribution in [3.8, 4) is 11.3 Å². The maximum absolute atomic E-state index is 11.3. The molecule has 0 saturated heterocycles. The molecule has 0 fully saturated rings. The summed E-state index contributed by atoms with van der Waals surface area (Å²) in [6.45, 7) is 0.496. The summed E-state index contributed by atoms with van der Waals surface area (Å²) in [6, 6.07) is 12.3. The standard InChI is InChI=1S/C16H16N6O2/c1-20(10-15-17-11-18-21(15)2)14-9-8-13(22(23)24)16(19-14)12-6-4-3-5-7-12/h3-9,11H,10H2,1-2H3. The van der Waals surface area contributed by atoms with Crippen molar-refractivity contribution in [1.29, 1.82) is 0 Å². The minimum Gasteiger partial charge on any atom is -0.352 e. The van der Waals surface area contributed by atoms with Crippen LogP contribution in [0.1, 0.15) is 5.82 Å². The smallest absolute Gasteiger partial charge is 0.295 e. The molecule has 0 aliphatic rings. The molecule has 24 heavy (non-hydrogen) atoms. The predicted octanol–water partition coefficient (Wildman–Crippen LogP) is 2.42. The van der Waals surface area contributed by atoms with E-state index in [1.165, 1.54) is 12.4 Å². The lowest BCUT2D eigenvalue weighted by atomic mass is 10.1. The molecule has 2 heterocycles. The molecule has 0 amide bonds. The second kappa shape index (κ2) is 6.45. The van der Waals surface area contributed by atoms with Crippen LogP contribution in [0.15, 0.2) is 48.8 Å². The number of aryl methyl sites for hydroxylation is 1. The van der Waals surface area contributed by atoms with Crippen molar-refractivity contribution in [2.45, 2.75) is 6.54 Å². The Balaban J connectivity index is 1.98. The molecule has 1 aromatic carbocycles. The fraction of sp³-hybridized carbons (Fsp3) is 0.188. The fourth-order valence-corrected chi connectivity index (χ4v) is 2.37. The molecule has 0 bridgehead atoms. The quantitative estimate of drug-likeness (QED) is 0.529. The first-order valence-electron chi connectivity index (χ1n) is 7.31. The summed E-state index contributed by atoms with van der Waals surface area (Å²) in [5.74, 6) is 1.40. The summed E-state index contributed by atoms with van der Waals surface area (Å²) in [7, 11) is 3.67. The summed E-state index contributed by atoms with van der Waals surface area (Å²) in [5.41, 5.74) is 1.04. The van der Waals surface area contributed by atoms with Crippen LogP contribution >= 0.6 is 0 Å². The molecule has 0 radical (unpaired) electrons. The van der Waals surface area contributed by atoms with Crippen molar-refractivity contribution in [3.63, 3.8) is 0 Å². The zero-order valence-electron chi connectivity index (χ0n) is 13.3. The second-order valence-electron chi connectivity index (χ2n) is 5.32. The van der Waals surface area contributed by atoms with Gasteiger partial charge in [0, 0.05) is 25.7 Å². The number of anilines is 1. The highest BCUT2D eigenvalue weighted by molar-refractivity contribution is 5.71. The van der Waals surface area contributed by atoms with Gasteiger partial charge in [-0.3, -0.25) is 14.8 Å². The van der Waals surface area contributed by atoms with E-state index in [9.17, 15) is 10.1 Å². The van der Waals surface area contributed by atoms with Crippen LogP contribution in [0.2, 0.25) is 0 Å². The lowest BCUT2D eigenvalue weighted by Crippen LogP contribution is -2.20. The Bertz CT molecular complexity index is 862. The molecule has 8 heteroatoms. The second-order valence-corrected chi connectivity index (χ2v) is 5.32. The van der Waals surface area contributed by atoms with E-state index >= 15 is 0 Å². The largest absolute Gasteiger partial charge is 0.352 e. The lowest BCUT2D eigenvalue weighted by Gasteiger charge is -2.18. The van der Waals surface area contributed by atoms with Crippen LogP contribution in [0.25, 0.3) is 11.3 Å². The van der Waals surface area contributed by atoms with Gasteiger partial charge >= 0.3 is 0 Å². The van der Waals surface area contributed by atoms with Gasteiger partial charge in [0.05, 0.1) is 11.5 Å². The molecular formula is C16H16N6O2. The minimum absolute atomic E-state index is 0.0167. The Labute approximate surface area is 138 Å². The monoisotopic (exact) mass is 324 g/mol. The molecule has 0 aliphatic carbocycles. The zero-order chi connectivity index (χ0) is 17.1. The van der Waals surface area contributed by atoms with Crippen LogP contribution in [-0.4, -0.2) is 31.7 Å². The number of aromatic nitrogens is 4. The van der Waals surface area contributed by atoms with Gasteiger partial charge in [-0.15, -0.1) is 0 Å². The number of nitrogens with zero attached hydrogens (tertiary/aromatic N) is 6. The normalized spacial score (nSPS) is 10.6. The SMILES string of the molecule is CN(Cc1ncnn1C)c1ccc([N+](=O)[O-])c(-c2ccccc2)n1. The molecule has 122 valence electrons. The third-order valence-electron chi connectivity index (χ3n) is 3.68. The highest BCUT2D eigenvalue weighted by Crippen LogP contribution is 2.30. The van der Waals surface area contributed by atoms with Crippen LogP contribution in [0.5, 0.6) is 0 Å². The van der Waals surface area contributed by atoms with E-state index in [0.717, 1.165) is 5.82 Å². The van der Waals surface area contributed by atoms with E-state index in [0.29, 0.717) is 23.6 Å². The molecule has 0 saturated carbocycles. The topological polar surface area (TPSA) is 90.0 Å². The molecule has 8 nitrogen and oxygen atoms in total. The molecule has 3 rings (SSSR count). The van der Waals surface area contributed by atoms with Crippen LogP contribution < -0.4 is 4.90 Å². The molecule has 3 aromatic rings. The van der Waals surface area contributed by atoms with Crippen LogP contribution in [0.3, 0.4) is 0 Å². The predicted molar refractivity (Wildman–Crippen MR) is 89.4 cm³/mol. The summed E-state index contributed by atoms with van der Waals surface area (Å²) in [5, 5.41) is 15.3. The molecule has 0 unspecified atom stereocenters. The maximum atomic E-state index is 11.3. The van der Waals surface area contributed by atoms with Gasteiger partial charge in [0.25, 0.3) is 5.69 Å². The Morgan fingerprint density at radius 1 is 1.21 bits per heavy atom. The van der Waals surface area contributed by atoms with E-state index in [4.69, 9.17) is 0 Å². The van der Waals surface area contributed by atoms with Gasteiger partial charge < -0.3 is 4.90 Å².